The molecule has 0 bridgehead atoms. The average molecular weight is 621 g/mol. The highest BCUT2D eigenvalue weighted by Gasteiger charge is 2.15. The molecule has 0 aliphatic carbocycles. The van der Waals surface area contributed by atoms with Crippen molar-refractivity contribution in [1.29, 1.82) is 5.26 Å². The summed E-state index contributed by atoms with van der Waals surface area (Å²) in [4.78, 5) is 15.7. The SMILES string of the molecule is Cc1c(COc2cc(OCc3cncc(C#N)c3)c(C=O)cc2Cl)cccc1-c1cccc(OCCCNCCO)c1Cl. The molecule has 0 aliphatic heterocycles. The summed E-state index contributed by atoms with van der Waals surface area (Å²) < 4.78 is 17.9. The highest BCUT2D eigenvalue weighted by Crippen LogP contribution is 2.38. The third-order valence-corrected chi connectivity index (χ3v) is 7.32. The summed E-state index contributed by atoms with van der Waals surface area (Å²) in [5, 5.41) is 21.9. The van der Waals surface area contributed by atoms with Crippen LogP contribution >= 0.6 is 23.2 Å². The molecular formula is C33H31Cl2N3O5. The first-order chi connectivity index (χ1) is 20.9. The quantitative estimate of drug-likeness (QED) is 0.114. The van der Waals surface area contributed by atoms with E-state index in [1.165, 1.54) is 12.3 Å². The zero-order valence-corrected chi connectivity index (χ0v) is 25.1. The number of nitrogens with zero attached hydrogens (tertiary/aromatic N) is 2. The van der Waals surface area contributed by atoms with E-state index in [1.54, 1.807) is 18.3 Å². The van der Waals surface area contributed by atoms with Crippen LogP contribution < -0.4 is 19.5 Å². The Morgan fingerprint density at radius 2 is 1.74 bits per heavy atom. The van der Waals surface area contributed by atoms with E-state index in [1.807, 2.05) is 49.4 Å². The Bertz CT molecular complexity index is 1610. The van der Waals surface area contributed by atoms with E-state index in [2.05, 4.69) is 10.3 Å². The molecule has 0 fully saturated rings. The number of aliphatic hydroxyl groups is 1. The number of ether oxygens (including phenoxy) is 3. The molecule has 4 aromatic rings. The maximum Gasteiger partial charge on any atom is 0.153 e. The fourth-order valence-corrected chi connectivity index (χ4v) is 4.88. The molecule has 10 heteroatoms. The van der Waals surface area contributed by atoms with Gasteiger partial charge in [0.2, 0.25) is 0 Å². The van der Waals surface area contributed by atoms with Crippen LogP contribution in [0.25, 0.3) is 11.1 Å². The first-order valence-electron chi connectivity index (χ1n) is 13.6. The van der Waals surface area contributed by atoms with Gasteiger partial charge in [-0.2, -0.15) is 5.26 Å². The largest absolute Gasteiger partial charge is 0.492 e. The van der Waals surface area contributed by atoms with Gasteiger partial charge < -0.3 is 24.6 Å². The molecule has 4 rings (SSSR count). The molecule has 0 spiro atoms. The predicted molar refractivity (Wildman–Crippen MR) is 166 cm³/mol. The zero-order chi connectivity index (χ0) is 30.6. The van der Waals surface area contributed by atoms with Crippen LogP contribution in [0.4, 0.5) is 0 Å². The summed E-state index contributed by atoms with van der Waals surface area (Å²) in [6, 6.07) is 18.4. The fourth-order valence-electron chi connectivity index (χ4n) is 4.37. The highest BCUT2D eigenvalue weighted by atomic mass is 35.5. The van der Waals surface area contributed by atoms with E-state index in [0.29, 0.717) is 52.8 Å². The van der Waals surface area contributed by atoms with E-state index in [0.717, 1.165) is 35.2 Å². The van der Waals surface area contributed by atoms with Crippen molar-refractivity contribution in [1.82, 2.24) is 10.3 Å². The highest BCUT2D eigenvalue weighted by molar-refractivity contribution is 6.35. The fraction of sp³-hybridized carbons (Fsp3) is 0.242. The van der Waals surface area contributed by atoms with Gasteiger partial charge in [0.1, 0.15) is 36.5 Å². The Kier molecular flexibility index (Phi) is 11.8. The van der Waals surface area contributed by atoms with Gasteiger partial charge in [0.25, 0.3) is 0 Å². The van der Waals surface area contributed by atoms with Crippen LogP contribution in [0.5, 0.6) is 17.2 Å². The van der Waals surface area contributed by atoms with E-state index >= 15 is 0 Å². The molecule has 0 amide bonds. The van der Waals surface area contributed by atoms with Crippen molar-refractivity contribution in [3.63, 3.8) is 0 Å². The van der Waals surface area contributed by atoms with E-state index in [9.17, 15) is 4.79 Å². The molecule has 0 radical (unpaired) electrons. The predicted octanol–water partition coefficient (Wildman–Crippen LogP) is 6.56. The van der Waals surface area contributed by atoms with Gasteiger partial charge in [-0.05, 0) is 54.8 Å². The molecule has 0 atom stereocenters. The van der Waals surface area contributed by atoms with E-state index in [4.69, 9.17) is 47.8 Å². The summed E-state index contributed by atoms with van der Waals surface area (Å²) >= 11 is 13.2. The monoisotopic (exact) mass is 619 g/mol. The molecule has 0 aliphatic rings. The Morgan fingerprint density at radius 3 is 2.53 bits per heavy atom. The Balaban J connectivity index is 1.48. The van der Waals surface area contributed by atoms with Gasteiger partial charge >= 0.3 is 0 Å². The number of nitriles is 1. The molecule has 1 heterocycles. The Hall–Kier alpha value is -4.13. The van der Waals surface area contributed by atoms with Crippen molar-refractivity contribution < 1.29 is 24.1 Å². The number of hydrogen-bond donors (Lipinski definition) is 2. The van der Waals surface area contributed by atoms with Gasteiger partial charge in [-0.3, -0.25) is 9.78 Å². The molecule has 0 saturated heterocycles. The average Bonchev–Trinajstić information content (AvgIpc) is 3.03. The minimum atomic E-state index is 0.103. The first kappa shape index (κ1) is 31.8. The van der Waals surface area contributed by atoms with Crippen LogP contribution in [-0.2, 0) is 13.2 Å². The van der Waals surface area contributed by atoms with Gasteiger partial charge in [-0.1, -0.05) is 53.5 Å². The number of pyridine rings is 1. The lowest BCUT2D eigenvalue weighted by Gasteiger charge is -2.17. The molecule has 2 N–H and O–H groups in total. The van der Waals surface area contributed by atoms with Crippen molar-refractivity contribution in [3.8, 4) is 34.4 Å². The maximum atomic E-state index is 11.7. The summed E-state index contributed by atoms with van der Waals surface area (Å²) in [6.07, 6.45) is 4.50. The summed E-state index contributed by atoms with van der Waals surface area (Å²) in [6.45, 7) is 4.20. The molecule has 0 saturated carbocycles. The smallest absolute Gasteiger partial charge is 0.153 e. The number of benzene rings is 3. The topological polar surface area (TPSA) is 114 Å². The van der Waals surface area contributed by atoms with Crippen molar-refractivity contribution in [2.24, 2.45) is 0 Å². The van der Waals surface area contributed by atoms with Crippen LogP contribution in [0, 0.1) is 18.3 Å². The van der Waals surface area contributed by atoms with Crippen molar-refractivity contribution in [3.05, 3.63) is 105 Å². The van der Waals surface area contributed by atoms with Gasteiger partial charge in [-0.25, -0.2) is 0 Å². The van der Waals surface area contributed by atoms with Crippen LogP contribution in [0.15, 0.2) is 67.0 Å². The number of nitrogens with one attached hydrogen (secondary N) is 1. The third kappa shape index (κ3) is 8.46. The minimum absolute atomic E-state index is 0.103. The molecule has 43 heavy (non-hydrogen) atoms. The number of halogens is 2. The summed E-state index contributed by atoms with van der Waals surface area (Å²) in [5.74, 6) is 1.26. The second-order valence-corrected chi connectivity index (χ2v) is 10.4. The van der Waals surface area contributed by atoms with Crippen molar-refractivity contribution >= 4 is 29.5 Å². The number of aldehydes is 1. The van der Waals surface area contributed by atoms with Crippen LogP contribution in [-0.4, -0.2) is 42.7 Å². The molecule has 222 valence electrons. The molecular weight excluding hydrogens is 589 g/mol. The number of carbonyl (C=O) groups is 1. The second kappa shape index (κ2) is 15.9. The molecule has 0 unspecified atom stereocenters. The van der Waals surface area contributed by atoms with Crippen LogP contribution in [0.2, 0.25) is 10.0 Å². The van der Waals surface area contributed by atoms with E-state index in [-0.39, 0.29) is 30.4 Å². The number of carbonyl (C=O) groups excluding carboxylic acids is 1. The second-order valence-electron chi connectivity index (χ2n) is 9.59. The number of aliphatic hydroxyl groups excluding tert-OH is 1. The molecule has 8 nitrogen and oxygen atoms in total. The lowest BCUT2D eigenvalue weighted by Crippen LogP contribution is -2.20. The van der Waals surface area contributed by atoms with Crippen LogP contribution in [0.1, 0.15) is 39.0 Å². The number of aromatic nitrogens is 1. The van der Waals surface area contributed by atoms with Gasteiger partial charge in [0.05, 0.1) is 34.4 Å². The lowest BCUT2D eigenvalue weighted by atomic mass is 9.96. The summed E-state index contributed by atoms with van der Waals surface area (Å²) in [5.41, 5.74) is 5.07. The third-order valence-electron chi connectivity index (χ3n) is 6.64. The zero-order valence-electron chi connectivity index (χ0n) is 23.6. The van der Waals surface area contributed by atoms with Gasteiger partial charge in [-0.15, -0.1) is 0 Å². The summed E-state index contributed by atoms with van der Waals surface area (Å²) in [7, 11) is 0. The molecule has 3 aromatic carbocycles. The Labute approximate surface area is 260 Å². The molecule has 1 aromatic heterocycles. The van der Waals surface area contributed by atoms with Crippen molar-refractivity contribution in [2.45, 2.75) is 26.6 Å². The van der Waals surface area contributed by atoms with Gasteiger partial charge in [0, 0.05) is 36.1 Å². The number of hydrogen-bond acceptors (Lipinski definition) is 8. The minimum Gasteiger partial charge on any atom is -0.492 e. The van der Waals surface area contributed by atoms with Gasteiger partial charge in [0.15, 0.2) is 6.29 Å². The standard InChI is InChI=1S/C33H31Cl2N3O5/c1-22-25(5-2-6-27(22)28-7-3-8-30(33(28)35)41-12-4-9-37-10-11-39)21-43-32-15-31(26(19-40)14-29(32)34)42-20-24-13-23(16-36)17-38-18-24/h2-3,5-8,13-15,17-19,37,39H,4,9-12,20-21H2,1H3. The Morgan fingerprint density at radius 1 is 0.953 bits per heavy atom. The van der Waals surface area contributed by atoms with Crippen molar-refractivity contribution in [2.75, 3.05) is 26.3 Å². The number of rotatable bonds is 15. The van der Waals surface area contributed by atoms with Crippen LogP contribution in [0.3, 0.4) is 0 Å². The normalized spacial score (nSPS) is 10.7. The maximum absolute atomic E-state index is 11.7. The lowest BCUT2D eigenvalue weighted by molar-refractivity contribution is 0.111. The van der Waals surface area contributed by atoms with E-state index < -0.39 is 0 Å². The first-order valence-corrected chi connectivity index (χ1v) is 14.4.